The molecular weight excluding hydrogens is 278 g/mol. The van der Waals surface area contributed by atoms with Gasteiger partial charge in [0.15, 0.2) is 11.5 Å². The van der Waals surface area contributed by atoms with Crippen LogP contribution in [0.5, 0.6) is 11.5 Å². The fraction of sp³-hybridized carbons (Fsp3) is 0.176. The van der Waals surface area contributed by atoms with Gasteiger partial charge in [0.1, 0.15) is 12.3 Å². The minimum absolute atomic E-state index is 0.337. The van der Waals surface area contributed by atoms with Gasteiger partial charge in [-0.15, -0.1) is 0 Å². The van der Waals surface area contributed by atoms with Gasteiger partial charge in [0, 0.05) is 18.5 Å². The largest absolute Gasteiger partial charge is 0.493 e. The zero-order valence-electron chi connectivity index (χ0n) is 12.4. The first kappa shape index (κ1) is 14.0. The summed E-state index contributed by atoms with van der Waals surface area (Å²) in [5.41, 5.74) is 3.41. The third-order valence-electron chi connectivity index (χ3n) is 3.40. The van der Waals surface area contributed by atoms with E-state index >= 15 is 0 Å². The zero-order chi connectivity index (χ0) is 15.5. The lowest BCUT2D eigenvalue weighted by Crippen LogP contribution is -1.98. The molecule has 22 heavy (non-hydrogen) atoms. The molecule has 5 heteroatoms. The van der Waals surface area contributed by atoms with E-state index in [1.54, 1.807) is 25.3 Å². The lowest BCUT2D eigenvalue weighted by atomic mass is 10.2. The van der Waals surface area contributed by atoms with Crippen molar-refractivity contribution in [2.24, 2.45) is 0 Å². The molecule has 0 radical (unpaired) electrons. The molecule has 0 saturated heterocycles. The van der Waals surface area contributed by atoms with Crippen molar-refractivity contribution in [3.05, 3.63) is 59.5 Å². The van der Waals surface area contributed by atoms with Gasteiger partial charge >= 0.3 is 0 Å². The summed E-state index contributed by atoms with van der Waals surface area (Å²) in [6.07, 6.45) is 3.90. The van der Waals surface area contributed by atoms with E-state index in [1.165, 1.54) is 0 Å². The molecule has 3 aromatic rings. The molecule has 0 aliphatic carbocycles. The second-order valence-electron chi connectivity index (χ2n) is 4.92. The van der Waals surface area contributed by atoms with E-state index in [0.717, 1.165) is 16.9 Å². The highest BCUT2D eigenvalue weighted by atomic mass is 16.5. The summed E-state index contributed by atoms with van der Waals surface area (Å²) >= 11 is 0. The van der Waals surface area contributed by atoms with Crippen LogP contribution in [-0.2, 0) is 6.61 Å². The molecule has 5 nitrogen and oxygen atoms in total. The minimum atomic E-state index is 0.337. The van der Waals surface area contributed by atoms with E-state index < -0.39 is 0 Å². The number of ether oxygens (including phenoxy) is 2. The van der Waals surface area contributed by atoms with Gasteiger partial charge in [0.25, 0.3) is 0 Å². The molecule has 0 atom stereocenters. The summed E-state index contributed by atoms with van der Waals surface area (Å²) in [6.45, 7) is 2.36. The monoisotopic (exact) mass is 293 g/mol. The number of benzene rings is 1. The van der Waals surface area contributed by atoms with Gasteiger partial charge in [-0.1, -0.05) is 6.07 Å². The van der Waals surface area contributed by atoms with Crippen LogP contribution in [0.2, 0.25) is 0 Å². The Hall–Kier alpha value is -3.00. The van der Waals surface area contributed by atoms with Crippen LogP contribution in [0.4, 0.5) is 0 Å². The number of pyridine rings is 1. The van der Waals surface area contributed by atoms with E-state index in [1.807, 2.05) is 35.9 Å². The van der Waals surface area contributed by atoms with Crippen LogP contribution in [0.3, 0.4) is 0 Å². The van der Waals surface area contributed by atoms with Crippen LogP contribution in [0, 0.1) is 18.3 Å². The lowest BCUT2D eigenvalue weighted by Gasteiger charge is -2.09. The number of nitrogens with zero attached hydrogens (tertiary/aromatic N) is 3. The third-order valence-corrected chi connectivity index (χ3v) is 3.40. The molecular formula is C17H15N3O2. The van der Waals surface area contributed by atoms with E-state index in [-0.39, 0.29) is 0 Å². The number of rotatable bonds is 4. The van der Waals surface area contributed by atoms with Crippen molar-refractivity contribution in [1.82, 2.24) is 9.38 Å². The highest BCUT2D eigenvalue weighted by molar-refractivity contribution is 5.48. The summed E-state index contributed by atoms with van der Waals surface area (Å²) in [7, 11) is 1.55. The maximum absolute atomic E-state index is 8.90. The molecule has 2 aromatic heterocycles. The van der Waals surface area contributed by atoms with Crippen LogP contribution in [0.15, 0.2) is 42.7 Å². The van der Waals surface area contributed by atoms with Gasteiger partial charge in [-0.05, 0) is 30.7 Å². The van der Waals surface area contributed by atoms with Gasteiger partial charge < -0.3 is 13.9 Å². The fourth-order valence-corrected chi connectivity index (χ4v) is 2.28. The zero-order valence-corrected chi connectivity index (χ0v) is 12.4. The number of methoxy groups -OCH3 is 1. The van der Waals surface area contributed by atoms with Crippen LogP contribution in [-0.4, -0.2) is 16.5 Å². The SMILES string of the molecule is COc1cc(C#N)ccc1OCc1cn2cccc(C)c2n1. The second kappa shape index (κ2) is 5.78. The van der Waals surface area contributed by atoms with Crippen molar-refractivity contribution in [3.8, 4) is 17.6 Å². The molecule has 0 aliphatic heterocycles. The normalized spacial score (nSPS) is 10.4. The molecule has 1 aromatic carbocycles. The predicted molar refractivity (Wildman–Crippen MR) is 82.0 cm³/mol. The Kier molecular flexibility index (Phi) is 3.67. The number of imidazole rings is 1. The first-order valence-electron chi connectivity index (χ1n) is 6.85. The Morgan fingerprint density at radius 2 is 2.14 bits per heavy atom. The Bertz CT molecular complexity index is 862. The summed E-state index contributed by atoms with van der Waals surface area (Å²) in [6, 6.07) is 11.2. The molecule has 2 heterocycles. The molecule has 110 valence electrons. The molecule has 0 bridgehead atoms. The first-order valence-corrected chi connectivity index (χ1v) is 6.85. The van der Waals surface area contributed by atoms with E-state index in [0.29, 0.717) is 23.7 Å². The van der Waals surface area contributed by atoms with Crippen LogP contribution < -0.4 is 9.47 Å². The van der Waals surface area contributed by atoms with Gasteiger partial charge in [-0.2, -0.15) is 5.26 Å². The van der Waals surface area contributed by atoms with E-state index in [2.05, 4.69) is 11.1 Å². The second-order valence-corrected chi connectivity index (χ2v) is 4.92. The summed E-state index contributed by atoms with van der Waals surface area (Å²) in [4.78, 5) is 4.56. The van der Waals surface area contributed by atoms with Gasteiger partial charge in [-0.25, -0.2) is 4.98 Å². The summed E-state index contributed by atoms with van der Waals surface area (Å²) in [5, 5.41) is 8.90. The van der Waals surface area contributed by atoms with E-state index in [4.69, 9.17) is 14.7 Å². The highest BCUT2D eigenvalue weighted by Crippen LogP contribution is 2.28. The molecule has 0 spiro atoms. The van der Waals surface area contributed by atoms with E-state index in [9.17, 15) is 0 Å². The predicted octanol–water partition coefficient (Wildman–Crippen LogP) is 3.10. The average Bonchev–Trinajstić information content (AvgIpc) is 2.97. The van der Waals surface area contributed by atoms with Crippen molar-refractivity contribution >= 4 is 5.65 Å². The molecule has 3 rings (SSSR count). The van der Waals surface area contributed by atoms with Gasteiger partial charge in [-0.3, -0.25) is 0 Å². The topological polar surface area (TPSA) is 59.5 Å². The third kappa shape index (κ3) is 2.59. The van der Waals surface area contributed by atoms with Gasteiger partial charge in [0.2, 0.25) is 0 Å². The fourth-order valence-electron chi connectivity index (χ4n) is 2.28. The molecule has 0 amide bonds. The summed E-state index contributed by atoms with van der Waals surface area (Å²) in [5.74, 6) is 1.13. The number of aromatic nitrogens is 2. The molecule has 0 N–H and O–H groups in total. The van der Waals surface area contributed by atoms with Crippen molar-refractivity contribution < 1.29 is 9.47 Å². The Morgan fingerprint density at radius 1 is 1.27 bits per heavy atom. The quantitative estimate of drug-likeness (QED) is 0.741. The molecule has 0 saturated carbocycles. The Labute approximate surface area is 128 Å². The standard InChI is InChI=1S/C17H15N3O2/c1-12-4-3-7-20-10-14(19-17(12)20)11-22-15-6-5-13(9-18)8-16(15)21-2/h3-8,10H,11H2,1-2H3. The summed E-state index contributed by atoms with van der Waals surface area (Å²) < 4.78 is 13.0. The molecule has 0 fully saturated rings. The number of fused-ring (bicyclic) bond motifs is 1. The van der Waals surface area contributed by atoms with Crippen molar-refractivity contribution in [2.75, 3.05) is 7.11 Å². The highest BCUT2D eigenvalue weighted by Gasteiger charge is 2.08. The number of hydrogen-bond acceptors (Lipinski definition) is 4. The number of aryl methyl sites for hydroxylation is 1. The van der Waals surface area contributed by atoms with Crippen LogP contribution in [0.1, 0.15) is 16.8 Å². The molecule has 0 unspecified atom stereocenters. The number of hydrogen-bond donors (Lipinski definition) is 0. The maximum Gasteiger partial charge on any atom is 0.162 e. The smallest absolute Gasteiger partial charge is 0.162 e. The molecule has 0 aliphatic rings. The van der Waals surface area contributed by atoms with Crippen molar-refractivity contribution in [1.29, 1.82) is 5.26 Å². The Balaban J connectivity index is 1.82. The van der Waals surface area contributed by atoms with Crippen LogP contribution in [0.25, 0.3) is 5.65 Å². The lowest BCUT2D eigenvalue weighted by molar-refractivity contribution is 0.281. The number of nitriles is 1. The van der Waals surface area contributed by atoms with Gasteiger partial charge in [0.05, 0.1) is 24.4 Å². The van der Waals surface area contributed by atoms with Crippen molar-refractivity contribution in [2.45, 2.75) is 13.5 Å². The average molecular weight is 293 g/mol. The maximum atomic E-state index is 8.90. The first-order chi connectivity index (χ1) is 10.7. The van der Waals surface area contributed by atoms with Crippen LogP contribution >= 0.6 is 0 Å². The minimum Gasteiger partial charge on any atom is -0.493 e. The van der Waals surface area contributed by atoms with Crippen molar-refractivity contribution in [3.63, 3.8) is 0 Å². The Morgan fingerprint density at radius 3 is 2.86 bits per heavy atom.